The molecule has 0 aliphatic rings. The minimum Gasteiger partial charge on any atom is -0.436 e. The molecular weight excluding hydrogens is 227 g/mol. The molecule has 14 heavy (non-hydrogen) atoms. The molecule has 7 heteroatoms. The minimum atomic E-state index is 0. The Morgan fingerprint density at radius 3 is 1.50 bits per heavy atom. The van der Waals surface area contributed by atoms with E-state index < -0.39 is 0 Å². The molecule has 0 heterocycles. The molecule has 0 unspecified atom stereocenters. The number of hydrogen-bond acceptors (Lipinski definition) is 6. The second-order valence-electron chi connectivity index (χ2n) is 2.17. The number of rotatable bonds is 7. The molecule has 0 aromatic carbocycles. The molecular formula is C7H19N4NaS2. The van der Waals surface area contributed by atoms with Gasteiger partial charge in [-0.2, -0.15) is 4.70 Å². The number of thiocarbonyl (C=S) groups is 1. The maximum absolute atomic E-state index is 5.27. The predicted octanol–water partition coefficient (Wildman–Crippen LogP) is -4.42. The molecule has 0 bridgehead atoms. The van der Waals surface area contributed by atoms with E-state index in [0.717, 1.165) is 26.2 Å². The summed E-state index contributed by atoms with van der Waals surface area (Å²) in [6, 6.07) is 0. The van der Waals surface area contributed by atoms with Crippen LogP contribution in [0.2, 0.25) is 0 Å². The summed E-state index contributed by atoms with van der Waals surface area (Å²) < 4.78 is 1.17. The molecule has 0 aromatic rings. The standard InChI is InChI=1S/C6H18N4.CH2S2.Na/c7-1-3-9-5-6-10-4-2-8;2-1-3;/h9-10H,1-8H2;1H,(H,2,3);/q;;+1/p-1. The van der Waals surface area contributed by atoms with Gasteiger partial charge in [0, 0.05) is 39.3 Å². The first-order valence-electron chi connectivity index (χ1n) is 4.20. The second-order valence-corrected chi connectivity index (χ2v) is 2.94. The molecule has 0 saturated heterocycles. The normalized spacial score (nSPS) is 8.14. The molecule has 0 rings (SSSR count). The van der Waals surface area contributed by atoms with E-state index in [2.05, 4.69) is 35.5 Å². The molecule has 0 amide bonds. The van der Waals surface area contributed by atoms with Gasteiger partial charge < -0.3 is 46.9 Å². The van der Waals surface area contributed by atoms with Gasteiger partial charge in [-0.25, -0.2) is 0 Å². The molecule has 0 atom stereocenters. The molecule has 0 radical (unpaired) electrons. The Morgan fingerprint density at radius 1 is 1.00 bits per heavy atom. The van der Waals surface area contributed by atoms with Crippen LogP contribution in [-0.2, 0) is 12.6 Å². The van der Waals surface area contributed by atoms with Crippen molar-refractivity contribution in [3.63, 3.8) is 0 Å². The molecule has 0 aromatic heterocycles. The quantitative estimate of drug-likeness (QED) is 0.157. The van der Waals surface area contributed by atoms with Crippen molar-refractivity contribution in [3.05, 3.63) is 0 Å². The monoisotopic (exact) mass is 246 g/mol. The molecule has 80 valence electrons. The fraction of sp³-hybridized carbons (Fsp3) is 0.857. The Bertz CT molecular complexity index is 89.8. The van der Waals surface area contributed by atoms with Crippen molar-refractivity contribution in [1.82, 2.24) is 10.6 Å². The smallest absolute Gasteiger partial charge is 0.436 e. The van der Waals surface area contributed by atoms with Gasteiger partial charge in [-0.05, 0) is 0 Å². The molecule has 0 fully saturated rings. The van der Waals surface area contributed by atoms with Gasteiger partial charge in [0.25, 0.3) is 0 Å². The Hall–Kier alpha value is 1.15. The third-order valence-electron chi connectivity index (χ3n) is 1.12. The topological polar surface area (TPSA) is 76.1 Å². The summed E-state index contributed by atoms with van der Waals surface area (Å²) in [4.78, 5) is 0. The van der Waals surface area contributed by atoms with Gasteiger partial charge in [0.1, 0.15) is 0 Å². The van der Waals surface area contributed by atoms with Crippen LogP contribution in [0.3, 0.4) is 0 Å². The molecule has 4 nitrogen and oxygen atoms in total. The molecule has 0 saturated carbocycles. The third kappa shape index (κ3) is 29.2. The van der Waals surface area contributed by atoms with Crippen LogP contribution in [0.5, 0.6) is 0 Å². The molecule has 0 aliphatic heterocycles. The van der Waals surface area contributed by atoms with E-state index in [1.54, 1.807) is 0 Å². The predicted molar refractivity (Wildman–Crippen MR) is 64.9 cm³/mol. The van der Waals surface area contributed by atoms with Crippen LogP contribution >= 0.6 is 12.2 Å². The molecule has 0 spiro atoms. The van der Waals surface area contributed by atoms with Crippen LogP contribution in [0.15, 0.2) is 0 Å². The van der Waals surface area contributed by atoms with Gasteiger partial charge in [0.15, 0.2) is 0 Å². The third-order valence-corrected chi connectivity index (χ3v) is 1.12. The van der Waals surface area contributed by atoms with Gasteiger partial charge in [0.05, 0.1) is 0 Å². The van der Waals surface area contributed by atoms with Crippen molar-refractivity contribution in [2.24, 2.45) is 11.5 Å². The van der Waals surface area contributed by atoms with Gasteiger partial charge >= 0.3 is 29.6 Å². The first-order valence-corrected chi connectivity index (χ1v) is 5.14. The summed E-state index contributed by atoms with van der Waals surface area (Å²) in [5.74, 6) is 0. The number of hydrogen-bond donors (Lipinski definition) is 4. The maximum atomic E-state index is 5.27. The van der Waals surface area contributed by atoms with Gasteiger partial charge in [0.2, 0.25) is 0 Å². The van der Waals surface area contributed by atoms with Crippen molar-refractivity contribution in [3.8, 4) is 0 Å². The molecule has 0 aliphatic carbocycles. The van der Waals surface area contributed by atoms with Crippen LogP contribution in [0.1, 0.15) is 0 Å². The zero-order valence-corrected chi connectivity index (χ0v) is 12.4. The van der Waals surface area contributed by atoms with Crippen molar-refractivity contribution >= 4 is 29.5 Å². The van der Waals surface area contributed by atoms with Crippen molar-refractivity contribution < 1.29 is 29.6 Å². The van der Waals surface area contributed by atoms with E-state index >= 15 is 0 Å². The van der Waals surface area contributed by atoms with Gasteiger partial charge in [-0.3, -0.25) is 0 Å². The summed E-state index contributed by atoms with van der Waals surface area (Å²) >= 11 is 8.17. The van der Waals surface area contributed by atoms with Gasteiger partial charge in [-0.1, -0.05) is 0 Å². The van der Waals surface area contributed by atoms with Crippen LogP contribution in [-0.4, -0.2) is 44.0 Å². The van der Waals surface area contributed by atoms with Crippen molar-refractivity contribution in [2.75, 3.05) is 39.3 Å². The summed E-state index contributed by atoms with van der Waals surface area (Å²) in [5, 5.41) is 6.33. The maximum Gasteiger partial charge on any atom is 1.00 e. The van der Waals surface area contributed by atoms with E-state index in [4.69, 9.17) is 11.5 Å². The zero-order valence-electron chi connectivity index (χ0n) is 8.79. The number of nitrogens with two attached hydrogens (primary N) is 2. The Balaban J connectivity index is -0.000000267. The van der Waals surface area contributed by atoms with E-state index in [9.17, 15) is 0 Å². The summed E-state index contributed by atoms with van der Waals surface area (Å²) in [6.07, 6.45) is 0. The SMILES string of the molecule is NCCNCCNCCN.S=C[S-].[Na+]. The van der Waals surface area contributed by atoms with Crippen molar-refractivity contribution in [1.29, 1.82) is 0 Å². The Labute approximate surface area is 120 Å². The van der Waals surface area contributed by atoms with Crippen molar-refractivity contribution in [2.45, 2.75) is 0 Å². The van der Waals surface area contributed by atoms with E-state index in [-0.39, 0.29) is 29.6 Å². The summed E-state index contributed by atoms with van der Waals surface area (Å²) in [7, 11) is 0. The Morgan fingerprint density at radius 2 is 1.29 bits per heavy atom. The van der Waals surface area contributed by atoms with Gasteiger partial charge in [-0.15, -0.1) is 0 Å². The number of nitrogens with one attached hydrogen (secondary N) is 2. The minimum absolute atomic E-state index is 0. The van der Waals surface area contributed by atoms with Crippen LogP contribution < -0.4 is 51.7 Å². The Kier molecular flexibility index (Phi) is 34.9. The zero-order chi connectivity index (χ0) is 10.4. The first kappa shape index (κ1) is 20.5. The average molecular weight is 246 g/mol. The van der Waals surface area contributed by atoms with Crippen LogP contribution in [0, 0.1) is 0 Å². The largest absolute Gasteiger partial charge is 1.00 e. The van der Waals surface area contributed by atoms with Crippen LogP contribution in [0.25, 0.3) is 0 Å². The van der Waals surface area contributed by atoms with Crippen LogP contribution in [0.4, 0.5) is 0 Å². The van der Waals surface area contributed by atoms with E-state index in [1.165, 1.54) is 4.70 Å². The fourth-order valence-electron chi connectivity index (χ4n) is 0.631. The average Bonchev–Trinajstić information content (AvgIpc) is 2.13. The summed E-state index contributed by atoms with van der Waals surface area (Å²) in [6.45, 7) is 5.14. The van der Waals surface area contributed by atoms with E-state index in [1.807, 2.05) is 0 Å². The fourth-order valence-corrected chi connectivity index (χ4v) is 0.631. The summed E-state index contributed by atoms with van der Waals surface area (Å²) in [5.41, 5.74) is 10.5. The first-order chi connectivity index (χ1) is 6.33. The second kappa shape index (κ2) is 23.8. The van der Waals surface area contributed by atoms with E-state index in [0.29, 0.717) is 13.1 Å². The molecule has 6 N–H and O–H groups in total.